The lowest BCUT2D eigenvalue weighted by Gasteiger charge is -2.31. The van der Waals surface area contributed by atoms with Crippen LogP contribution >= 0.6 is 0 Å². The summed E-state index contributed by atoms with van der Waals surface area (Å²) in [4.78, 5) is 17.5. The van der Waals surface area contributed by atoms with Crippen LogP contribution in [0.25, 0.3) is 0 Å². The highest BCUT2D eigenvalue weighted by Crippen LogP contribution is 2.24. The van der Waals surface area contributed by atoms with Crippen LogP contribution in [0.1, 0.15) is 45.8 Å². The molecule has 4 heteroatoms. The number of benzene rings is 3. The predicted molar refractivity (Wildman–Crippen MR) is 143 cm³/mol. The molecule has 4 nitrogen and oxygen atoms in total. The molecule has 1 aliphatic rings. The van der Waals surface area contributed by atoms with E-state index in [0.29, 0.717) is 18.2 Å². The number of hydrogen-bond donors (Lipinski definition) is 0. The van der Waals surface area contributed by atoms with Crippen molar-refractivity contribution in [3.63, 3.8) is 0 Å². The van der Waals surface area contributed by atoms with Crippen molar-refractivity contribution in [2.75, 3.05) is 13.1 Å². The highest BCUT2D eigenvalue weighted by molar-refractivity contribution is 5.91. The topological polar surface area (TPSA) is 36.7 Å². The number of likely N-dealkylation sites (tertiary alicyclic amines) is 1. The molecule has 0 N–H and O–H groups in total. The minimum atomic E-state index is 0.0112. The summed E-state index contributed by atoms with van der Waals surface area (Å²) >= 11 is 0. The molecule has 1 fully saturated rings. The molecule has 5 rings (SSSR count). The van der Waals surface area contributed by atoms with Gasteiger partial charge in [-0.25, -0.2) is 0 Å². The second kappa shape index (κ2) is 11.9. The second-order valence-electron chi connectivity index (χ2n) is 9.81. The average molecular weight is 479 g/mol. The van der Waals surface area contributed by atoms with Gasteiger partial charge >= 0.3 is 0 Å². The molecule has 1 aromatic heterocycles. The molecule has 184 valence electrons. The molecule has 1 saturated heterocycles. The number of furan rings is 1. The molecule has 1 aliphatic heterocycles. The molecule has 0 atom stereocenters. The summed E-state index contributed by atoms with van der Waals surface area (Å²) in [6, 6.07) is 35.4. The Bertz CT molecular complexity index is 1170. The monoisotopic (exact) mass is 478 g/mol. The van der Waals surface area contributed by atoms with E-state index in [1.165, 1.54) is 16.7 Å². The van der Waals surface area contributed by atoms with Gasteiger partial charge in [0.15, 0.2) is 5.76 Å². The second-order valence-corrected chi connectivity index (χ2v) is 9.81. The fraction of sp³-hybridized carbons (Fsp3) is 0.281. The third-order valence-corrected chi connectivity index (χ3v) is 7.02. The molecule has 1 amide bonds. The zero-order valence-corrected chi connectivity index (χ0v) is 20.8. The third kappa shape index (κ3) is 6.52. The Hall–Kier alpha value is -3.63. The maximum absolute atomic E-state index is 13.2. The van der Waals surface area contributed by atoms with Gasteiger partial charge in [0.2, 0.25) is 0 Å². The van der Waals surface area contributed by atoms with Gasteiger partial charge in [0.1, 0.15) is 5.76 Å². The van der Waals surface area contributed by atoms with Crippen molar-refractivity contribution in [2.24, 2.45) is 5.92 Å². The van der Waals surface area contributed by atoms with Crippen LogP contribution in [0.5, 0.6) is 0 Å². The Morgan fingerprint density at radius 3 is 1.78 bits per heavy atom. The van der Waals surface area contributed by atoms with Crippen molar-refractivity contribution >= 4 is 5.91 Å². The van der Waals surface area contributed by atoms with Crippen LogP contribution in [0.15, 0.2) is 108 Å². The predicted octanol–water partition coefficient (Wildman–Crippen LogP) is 6.58. The lowest BCUT2D eigenvalue weighted by molar-refractivity contribution is 0.0654. The van der Waals surface area contributed by atoms with E-state index in [1.54, 1.807) is 0 Å². The van der Waals surface area contributed by atoms with Gasteiger partial charge in [0.25, 0.3) is 5.91 Å². The standard InChI is InChI=1S/C32H34N2O2/c35-32(34-20-18-27(19-21-34)22-26-10-4-1-5-11-26)31-17-16-30(36-31)25-33(23-28-12-6-2-7-13-28)24-29-14-8-3-9-15-29/h1-17,27H,18-25H2. The molecule has 2 heterocycles. The molecule has 4 aromatic rings. The summed E-state index contributed by atoms with van der Waals surface area (Å²) in [5.74, 6) is 1.92. The van der Waals surface area contributed by atoms with Crippen LogP contribution < -0.4 is 0 Å². The summed E-state index contributed by atoms with van der Waals surface area (Å²) in [6.45, 7) is 3.86. The first-order valence-electron chi connectivity index (χ1n) is 12.9. The molecule has 0 unspecified atom stereocenters. The Labute approximate surface area is 214 Å². The van der Waals surface area contributed by atoms with Crippen LogP contribution in [-0.4, -0.2) is 28.8 Å². The third-order valence-electron chi connectivity index (χ3n) is 7.02. The lowest BCUT2D eigenvalue weighted by Crippen LogP contribution is -2.38. The van der Waals surface area contributed by atoms with E-state index < -0.39 is 0 Å². The first-order chi connectivity index (χ1) is 17.7. The van der Waals surface area contributed by atoms with Gasteiger partial charge in [0, 0.05) is 26.2 Å². The van der Waals surface area contributed by atoms with Crippen LogP contribution in [-0.2, 0) is 26.1 Å². The van der Waals surface area contributed by atoms with Crippen LogP contribution in [0.2, 0.25) is 0 Å². The van der Waals surface area contributed by atoms with E-state index in [4.69, 9.17) is 4.42 Å². The largest absolute Gasteiger partial charge is 0.455 e. The SMILES string of the molecule is O=C(c1ccc(CN(Cc2ccccc2)Cc2ccccc2)o1)N1CCC(Cc2ccccc2)CC1. The van der Waals surface area contributed by atoms with E-state index in [0.717, 1.165) is 51.2 Å². The van der Waals surface area contributed by atoms with Gasteiger partial charge in [-0.05, 0) is 54.0 Å². The number of carbonyl (C=O) groups excluding carboxylic acids is 1. The minimum Gasteiger partial charge on any atom is -0.455 e. The van der Waals surface area contributed by atoms with Crippen molar-refractivity contribution in [3.8, 4) is 0 Å². The summed E-state index contributed by atoms with van der Waals surface area (Å²) < 4.78 is 6.09. The van der Waals surface area contributed by atoms with Crippen molar-refractivity contribution in [3.05, 3.63) is 131 Å². The average Bonchev–Trinajstić information content (AvgIpc) is 3.39. The molecular weight excluding hydrogens is 444 g/mol. The zero-order valence-electron chi connectivity index (χ0n) is 20.8. The Balaban J connectivity index is 1.19. The molecule has 36 heavy (non-hydrogen) atoms. The summed E-state index contributed by atoms with van der Waals surface area (Å²) in [6.07, 6.45) is 3.17. The summed E-state index contributed by atoms with van der Waals surface area (Å²) in [5.41, 5.74) is 3.90. The number of carbonyl (C=O) groups is 1. The van der Waals surface area contributed by atoms with Crippen LogP contribution in [0, 0.1) is 5.92 Å². The van der Waals surface area contributed by atoms with E-state index in [1.807, 2.05) is 29.2 Å². The Morgan fingerprint density at radius 1 is 0.694 bits per heavy atom. The fourth-order valence-corrected chi connectivity index (χ4v) is 5.09. The van der Waals surface area contributed by atoms with E-state index in [9.17, 15) is 4.79 Å². The van der Waals surface area contributed by atoms with Crippen LogP contribution in [0.4, 0.5) is 0 Å². The maximum atomic E-state index is 13.2. The first-order valence-corrected chi connectivity index (χ1v) is 12.9. The Morgan fingerprint density at radius 2 is 1.22 bits per heavy atom. The highest BCUT2D eigenvalue weighted by Gasteiger charge is 2.26. The summed E-state index contributed by atoms with van der Waals surface area (Å²) in [7, 11) is 0. The Kier molecular flexibility index (Phi) is 7.94. The number of rotatable bonds is 9. The normalized spacial score (nSPS) is 14.3. The van der Waals surface area contributed by atoms with Gasteiger partial charge in [-0.1, -0.05) is 91.0 Å². The number of amides is 1. The van der Waals surface area contributed by atoms with Crippen molar-refractivity contribution in [1.29, 1.82) is 0 Å². The number of piperidine rings is 1. The molecular formula is C32H34N2O2. The van der Waals surface area contributed by atoms with Gasteiger partial charge in [-0.2, -0.15) is 0 Å². The molecule has 0 saturated carbocycles. The lowest BCUT2D eigenvalue weighted by atomic mass is 9.90. The fourth-order valence-electron chi connectivity index (χ4n) is 5.09. The zero-order chi connectivity index (χ0) is 24.6. The molecule has 0 spiro atoms. The van der Waals surface area contributed by atoms with Gasteiger partial charge in [0.05, 0.1) is 6.54 Å². The quantitative estimate of drug-likeness (QED) is 0.273. The molecule has 0 bridgehead atoms. The first kappa shape index (κ1) is 24.1. The minimum absolute atomic E-state index is 0.0112. The van der Waals surface area contributed by atoms with Crippen LogP contribution in [0.3, 0.4) is 0 Å². The van der Waals surface area contributed by atoms with E-state index in [2.05, 4.69) is 83.8 Å². The van der Waals surface area contributed by atoms with E-state index in [-0.39, 0.29) is 5.91 Å². The van der Waals surface area contributed by atoms with Crippen molar-refractivity contribution in [2.45, 2.75) is 38.9 Å². The number of nitrogens with zero attached hydrogens (tertiary/aromatic N) is 2. The summed E-state index contributed by atoms with van der Waals surface area (Å²) in [5, 5.41) is 0. The van der Waals surface area contributed by atoms with Gasteiger partial charge in [-0.3, -0.25) is 9.69 Å². The van der Waals surface area contributed by atoms with Gasteiger partial charge in [-0.15, -0.1) is 0 Å². The van der Waals surface area contributed by atoms with Crippen molar-refractivity contribution in [1.82, 2.24) is 9.80 Å². The number of hydrogen-bond acceptors (Lipinski definition) is 3. The van der Waals surface area contributed by atoms with Gasteiger partial charge < -0.3 is 9.32 Å². The smallest absolute Gasteiger partial charge is 0.289 e. The molecule has 0 radical (unpaired) electrons. The van der Waals surface area contributed by atoms with Crippen molar-refractivity contribution < 1.29 is 9.21 Å². The maximum Gasteiger partial charge on any atom is 0.289 e. The van der Waals surface area contributed by atoms with E-state index >= 15 is 0 Å². The molecule has 0 aliphatic carbocycles. The molecule has 3 aromatic carbocycles. The highest BCUT2D eigenvalue weighted by atomic mass is 16.4.